The number of amides is 2. The number of hydrogen-bond donors (Lipinski definition) is 1. The minimum Gasteiger partial charge on any atom is -0.496 e. The number of para-hydroxylation sites is 1. The van der Waals surface area contributed by atoms with Crippen molar-refractivity contribution >= 4 is 11.7 Å². The zero-order chi connectivity index (χ0) is 20.1. The first-order valence-corrected chi connectivity index (χ1v) is 9.97. The van der Waals surface area contributed by atoms with Crippen molar-refractivity contribution in [2.45, 2.75) is 27.2 Å². The van der Waals surface area contributed by atoms with Crippen LogP contribution >= 0.6 is 0 Å². The molecule has 0 unspecified atom stereocenters. The molecular formula is C23H31N3O2. The van der Waals surface area contributed by atoms with Crippen molar-refractivity contribution in [3.63, 3.8) is 0 Å². The van der Waals surface area contributed by atoms with Crippen LogP contribution in [-0.4, -0.2) is 50.8 Å². The summed E-state index contributed by atoms with van der Waals surface area (Å²) in [6.45, 7) is 10.3. The maximum Gasteiger partial charge on any atom is 0.317 e. The largest absolute Gasteiger partial charge is 0.496 e. The van der Waals surface area contributed by atoms with Crippen LogP contribution in [0, 0.1) is 20.8 Å². The number of anilines is 1. The molecule has 1 aliphatic rings. The third-order valence-corrected chi connectivity index (χ3v) is 5.38. The smallest absolute Gasteiger partial charge is 0.317 e. The predicted molar refractivity (Wildman–Crippen MR) is 115 cm³/mol. The number of carbonyl (C=O) groups excluding carboxylic acids is 1. The Labute approximate surface area is 168 Å². The second-order valence-corrected chi connectivity index (χ2v) is 7.52. The normalized spacial score (nSPS) is 14.1. The number of piperazine rings is 1. The molecule has 150 valence electrons. The van der Waals surface area contributed by atoms with Gasteiger partial charge in [-0.2, -0.15) is 0 Å². The fraction of sp³-hybridized carbons (Fsp3) is 0.435. The summed E-state index contributed by atoms with van der Waals surface area (Å²) in [5.74, 6) is 0.870. The van der Waals surface area contributed by atoms with E-state index in [9.17, 15) is 4.79 Å². The molecule has 3 rings (SSSR count). The summed E-state index contributed by atoms with van der Waals surface area (Å²) in [6, 6.07) is 12.4. The number of methoxy groups -OCH3 is 1. The molecule has 0 spiro atoms. The molecule has 5 nitrogen and oxygen atoms in total. The van der Waals surface area contributed by atoms with Crippen molar-refractivity contribution in [3.8, 4) is 5.75 Å². The molecule has 0 saturated carbocycles. The lowest BCUT2D eigenvalue weighted by atomic mass is 10.0. The van der Waals surface area contributed by atoms with Gasteiger partial charge >= 0.3 is 6.03 Å². The van der Waals surface area contributed by atoms with E-state index in [2.05, 4.69) is 43.1 Å². The molecule has 28 heavy (non-hydrogen) atoms. The van der Waals surface area contributed by atoms with Gasteiger partial charge in [-0.15, -0.1) is 0 Å². The Bertz CT molecular complexity index is 803. The molecule has 1 heterocycles. The molecule has 2 amide bonds. The molecule has 1 aliphatic heterocycles. The van der Waals surface area contributed by atoms with Crippen LogP contribution in [-0.2, 0) is 6.42 Å². The first-order valence-electron chi connectivity index (χ1n) is 9.97. The molecule has 0 radical (unpaired) electrons. The van der Waals surface area contributed by atoms with E-state index in [0.717, 1.165) is 43.9 Å². The summed E-state index contributed by atoms with van der Waals surface area (Å²) in [6.07, 6.45) is 0.761. The number of rotatable bonds is 5. The molecule has 0 bridgehead atoms. The zero-order valence-electron chi connectivity index (χ0n) is 17.4. The topological polar surface area (TPSA) is 44.8 Å². The van der Waals surface area contributed by atoms with E-state index in [1.807, 2.05) is 29.2 Å². The molecule has 0 aromatic heterocycles. The van der Waals surface area contributed by atoms with Crippen molar-refractivity contribution in [1.82, 2.24) is 10.2 Å². The number of carbonyl (C=O) groups is 1. The highest BCUT2D eigenvalue weighted by Crippen LogP contribution is 2.27. The van der Waals surface area contributed by atoms with E-state index >= 15 is 0 Å². The Hall–Kier alpha value is -2.69. The Morgan fingerprint density at radius 2 is 1.68 bits per heavy atom. The molecule has 2 aromatic carbocycles. The van der Waals surface area contributed by atoms with Gasteiger partial charge < -0.3 is 19.9 Å². The van der Waals surface area contributed by atoms with Crippen molar-refractivity contribution in [1.29, 1.82) is 0 Å². The van der Waals surface area contributed by atoms with Gasteiger partial charge in [-0.3, -0.25) is 0 Å². The number of hydrogen-bond acceptors (Lipinski definition) is 3. The first kappa shape index (κ1) is 20.1. The monoisotopic (exact) mass is 381 g/mol. The number of urea groups is 1. The van der Waals surface area contributed by atoms with Gasteiger partial charge in [-0.1, -0.05) is 35.9 Å². The second-order valence-electron chi connectivity index (χ2n) is 7.52. The summed E-state index contributed by atoms with van der Waals surface area (Å²) >= 11 is 0. The van der Waals surface area contributed by atoms with E-state index in [1.54, 1.807) is 7.11 Å². The maximum atomic E-state index is 12.5. The SMILES string of the molecule is COc1ccccc1CCNC(=O)N1CCN(c2c(C)cc(C)cc2C)CC1. The number of nitrogens with one attached hydrogen (secondary N) is 1. The van der Waals surface area contributed by atoms with Crippen LogP contribution in [0.4, 0.5) is 10.5 Å². The molecule has 0 aliphatic carbocycles. The molecule has 1 saturated heterocycles. The third kappa shape index (κ3) is 4.58. The second kappa shape index (κ2) is 9.00. The molecular weight excluding hydrogens is 350 g/mol. The standard InChI is InChI=1S/C23H31N3O2/c1-17-15-18(2)22(19(3)16-17)25-11-13-26(14-12-25)23(27)24-10-9-20-7-5-6-8-21(20)28-4/h5-8,15-16H,9-14H2,1-4H3,(H,24,27). The van der Waals surface area contributed by atoms with Crippen LogP contribution < -0.4 is 15.0 Å². The highest BCUT2D eigenvalue weighted by atomic mass is 16.5. The van der Waals surface area contributed by atoms with Gasteiger partial charge in [0.2, 0.25) is 0 Å². The van der Waals surface area contributed by atoms with Gasteiger partial charge in [-0.25, -0.2) is 4.79 Å². The molecule has 5 heteroatoms. The van der Waals surface area contributed by atoms with Crippen molar-refractivity contribution < 1.29 is 9.53 Å². The van der Waals surface area contributed by atoms with Crippen LogP contribution in [0.3, 0.4) is 0 Å². The number of aryl methyl sites for hydroxylation is 3. The maximum absolute atomic E-state index is 12.5. The van der Waals surface area contributed by atoms with Crippen LogP contribution in [0.25, 0.3) is 0 Å². The van der Waals surface area contributed by atoms with E-state index in [-0.39, 0.29) is 6.03 Å². The Morgan fingerprint density at radius 3 is 2.32 bits per heavy atom. The lowest BCUT2D eigenvalue weighted by Gasteiger charge is -2.37. The average molecular weight is 382 g/mol. The Morgan fingerprint density at radius 1 is 1.04 bits per heavy atom. The van der Waals surface area contributed by atoms with Gasteiger partial charge in [-0.05, 0) is 49.9 Å². The quantitative estimate of drug-likeness (QED) is 0.859. The van der Waals surface area contributed by atoms with Crippen LogP contribution in [0.2, 0.25) is 0 Å². The minimum absolute atomic E-state index is 0.0203. The summed E-state index contributed by atoms with van der Waals surface area (Å²) in [5.41, 5.74) is 6.36. The van der Waals surface area contributed by atoms with Gasteiger partial charge in [0.1, 0.15) is 5.75 Å². The van der Waals surface area contributed by atoms with Crippen LogP contribution in [0.15, 0.2) is 36.4 Å². The molecule has 2 aromatic rings. The fourth-order valence-corrected chi connectivity index (χ4v) is 4.13. The van der Waals surface area contributed by atoms with Crippen molar-refractivity contribution in [3.05, 3.63) is 58.7 Å². The first-order chi connectivity index (χ1) is 13.5. The third-order valence-electron chi connectivity index (χ3n) is 5.38. The molecule has 1 N–H and O–H groups in total. The van der Waals surface area contributed by atoms with Crippen LogP contribution in [0.5, 0.6) is 5.75 Å². The Kier molecular flexibility index (Phi) is 6.45. The Balaban J connectivity index is 1.50. The number of benzene rings is 2. The van der Waals surface area contributed by atoms with Gasteiger partial charge in [0.25, 0.3) is 0 Å². The fourth-order valence-electron chi connectivity index (χ4n) is 4.13. The average Bonchev–Trinajstić information content (AvgIpc) is 2.68. The van der Waals surface area contributed by atoms with Crippen molar-refractivity contribution in [2.75, 3.05) is 44.7 Å². The molecule has 0 atom stereocenters. The number of ether oxygens (including phenoxy) is 1. The van der Waals surface area contributed by atoms with E-state index in [1.165, 1.54) is 22.4 Å². The number of nitrogens with zero attached hydrogens (tertiary/aromatic N) is 2. The summed E-state index contributed by atoms with van der Waals surface area (Å²) in [4.78, 5) is 16.8. The van der Waals surface area contributed by atoms with Gasteiger partial charge in [0, 0.05) is 38.4 Å². The summed E-state index contributed by atoms with van der Waals surface area (Å²) in [7, 11) is 1.67. The van der Waals surface area contributed by atoms with Gasteiger partial charge in [0.15, 0.2) is 0 Å². The highest BCUT2D eigenvalue weighted by molar-refractivity contribution is 5.74. The zero-order valence-corrected chi connectivity index (χ0v) is 17.4. The molecule has 1 fully saturated rings. The van der Waals surface area contributed by atoms with Crippen LogP contribution in [0.1, 0.15) is 22.3 Å². The van der Waals surface area contributed by atoms with E-state index < -0.39 is 0 Å². The predicted octanol–water partition coefficient (Wildman–Crippen LogP) is 3.69. The summed E-state index contributed by atoms with van der Waals surface area (Å²) < 4.78 is 5.37. The van der Waals surface area contributed by atoms with E-state index in [4.69, 9.17) is 4.74 Å². The minimum atomic E-state index is 0.0203. The van der Waals surface area contributed by atoms with Crippen molar-refractivity contribution in [2.24, 2.45) is 0 Å². The highest BCUT2D eigenvalue weighted by Gasteiger charge is 2.23. The van der Waals surface area contributed by atoms with Gasteiger partial charge in [0.05, 0.1) is 7.11 Å². The van der Waals surface area contributed by atoms with E-state index in [0.29, 0.717) is 6.54 Å². The lowest BCUT2D eigenvalue weighted by Crippen LogP contribution is -2.52. The lowest BCUT2D eigenvalue weighted by molar-refractivity contribution is 0.194. The summed E-state index contributed by atoms with van der Waals surface area (Å²) in [5, 5.41) is 3.05.